The second-order valence-corrected chi connectivity index (χ2v) is 5.64. The number of alkyl halides is 1. The van der Waals surface area contributed by atoms with Gasteiger partial charge in [-0.05, 0) is 31.7 Å². The van der Waals surface area contributed by atoms with Crippen molar-refractivity contribution < 1.29 is 0 Å². The van der Waals surface area contributed by atoms with Crippen LogP contribution in [0.2, 0.25) is 0 Å². The minimum atomic E-state index is 0.995. The summed E-state index contributed by atoms with van der Waals surface area (Å²) in [6.07, 6.45) is 10.1. The summed E-state index contributed by atoms with van der Waals surface area (Å²) < 4.78 is 0. The molecule has 0 bridgehead atoms. The van der Waals surface area contributed by atoms with Crippen molar-refractivity contribution in [3.05, 3.63) is 0 Å². The molecule has 0 atom stereocenters. The van der Waals surface area contributed by atoms with Crippen LogP contribution < -0.4 is 0 Å². The summed E-state index contributed by atoms with van der Waals surface area (Å²) >= 11 is 3.57. The summed E-state index contributed by atoms with van der Waals surface area (Å²) in [4.78, 5) is 2.66. The molecule has 1 aliphatic carbocycles. The third kappa shape index (κ3) is 5.91. The smallest absolute Gasteiger partial charge is 0.0159 e. The molecule has 0 unspecified atom stereocenters. The topological polar surface area (TPSA) is 3.24 Å². The summed E-state index contributed by atoms with van der Waals surface area (Å²) in [5, 5.41) is 1.13. The van der Waals surface area contributed by atoms with E-state index in [0.717, 1.165) is 11.2 Å². The summed E-state index contributed by atoms with van der Waals surface area (Å²) in [6, 6.07) is 0. The Morgan fingerprint density at radius 2 is 1.87 bits per heavy atom. The molecule has 0 aliphatic heterocycles. The third-order valence-corrected chi connectivity index (χ3v) is 3.82. The molecule has 1 nitrogen and oxygen atoms in total. The lowest BCUT2D eigenvalue weighted by Gasteiger charge is -2.29. The van der Waals surface area contributed by atoms with Crippen molar-refractivity contribution in [3.8, 4) is 0 Å². The predicted octanol–water partition coefficient (Wildman–Crippen LogP) is 4.06. The Hall–Kier alpha value is 0.440. The van der Waals surface area contributed by atoms with Crippen LogP contribution >= 0.6 is 15.9 Å². The largest absolute Gasteiger partial charge is 0.302 e. The second kappa shape index (κ2) is 8.58. The highest BCUT2D eigenvalue weighted by Crippen LogP contribution is 2.24. The van der Waals surface area contributed by atoms with Gasteiger partial charge in [0.15, 0.2) is 0 Å². The average Bonchev–Trinajstić information content (AvgIpc) is 2.28. The molecular formula is C13H26BrN. The van der Waals surface area contributed by atoms with E-state index in [1.165, 1.54) is 64.6 Å². The fraction of sp³-hybridized carbons (Fsp3) is 1.00. The minimum absolute atomic E-state index is 0.995. The molecule has 0 saturated heterocycles. The van der Waals surface area contributed by atoms with E-state index in [-0.39, 0.29) is 0 Å². The Labute approximate surface area is 104 Å². The van der Waals surface area contributed by atoms with Crippen LogP contribution in [0.15, 0.2) is 0 Å². The van der Waals surface area contributed by atoms with Crippen LogP contribution in [0, 0.1) is 5.92 Å². The number of nitrogens with zero attached hydrogens (tertiary/aromatic N) is 1. The van der Waals surface area contributed by atoms with Crippen LogP contribution in [0.25, 0.3) is 0 Å². The van der Waals surface area contributed by atoms with Gasteiger partial charge in [0, 0.05) is 18.4 Å². The minimum Gasteiger partial charge on any atom is -0.302 e. The van der Waals surface area contributed by atoms with Gasteiger partial charge in [-0.25, -0.2) is 0 Å². The monoisotopic (exact) mass is 275 g/mol. The molecule has 15 heavy (non-hydrogen) atoms. The molecule has 0 aromatic heterocycles. The zero-order valence-electron chi connectivity index (χ0n) is 10.2. The Morgan fingerprint density at radius 1 is 1.13 bits per heavy atom. The van der Waals surface area contributed by atoms with Crippen molar-refractivity contribution in [2.75, 3.05) is 25.0 Å². The first kappa shape index (κ1) is 13.5. The molecule has 0 heterocycles. The lowest BCUT2D eigenvalue weighted by Crippen LogP contribution is -2.33. The molecule has 0 radical (unpaired) electrons. The fourth-order valence-electron chi connectivity index (χ4n) is 2.53. The highest BCUT2D eigenvalue weighted by atomic mass is 79.9. The van der Waals surface area contributed by atoms with Crippen LogP contribution in [0.1, 0.15) is 51.9 Å². The number of unbranched alkanes of at least 4 members (excludes halogenated alkanes) is 1. The van der Waals surface area contributed by atoms with Crippen LogP contribution in [-0.2, 0) is 0 Å². The zero-order chi connectivity index (χ0) is 10.9. The molecule has 0 aromatic carbocycles. The quantitative estimate of drug-likeness (QED) is 0.634. The maximum absolute atomic E-state index is 3.57. The molecular weight excluding hydrogens is 250 g/mol. The van der Waals surface area contributed by atoms with Gasteiger partial charge in [0.05, 0.1) is 0 Å². The lowest BCUT2D eigenvalue weighted by molar-refractivity contribution is 0.208. The van der Waals surface area contributed by atoms with E-state index >= 15 is 0 Å². The fourth-order valence-corrected chi connectivity index (χ4v) is 3.03. The van der Waals surface area contributed by atoms with Gasteiger partial charge < -0.3 is 4.90 Å². The van der Waals surface area contributed by atoms with Crippen LogP contribution in [0.3, 0.4) is 0 Å². The van der Waals surface area contributed by atoms with E-state index in [9.17, 15) is 0 Å². The molecule has 1 saturated carbocycles. The Kier molecular flexibility index (Phi) is 7.72. The normalized spacial score (nSPS) is 18.6. The molecule has 1 aliphatic rings. The summed E-state index contributed by atoms with van der Waals surface area (Å²) in [5.74, 6) is 0.995. The number of hydrogen-bond acceptors (Lipinski definition) is 1. The molecule has 1 rings (SSSR count). The van der Waals surface area contributed by atoms with Crippen molar-refractivity contribution in [1.82, 2.24) is 4.90 Å². The van der Waals surface area contributed by atoms with Crippen molar-refractivity contribution in [3.63, 3.8) is 0 Å². The first-order valence-electron chi connectivity index (χ1n) is 6.65. The van der Waals surface area contributed by atoms with Gasteiger partial charge in [0.25, 0.3) is 0 Å². The standard InChI is InChI=1S/C13H26BrN/c1-2-3-10-15(11-9-14)12-13-7-5-4-6-8-13/h13H,2-12H2,1H3. The van der Waals surface area contributed by atoms with Crippen LogP contribution in [-0.4, -0.2) is 29.9 Å². The van der Waals surface area contributed by atoms with Gasteiger partial charge in [-0.3, -0.25) is 0 Å². The molecule has 90 valence electrons. The first-order chi connectivity index (χ1) is 7.36. The number of hydrogen-bond donors (Lipinski definition) is 0. The highest BCUT2D eigenvalue weighted by Gasteiger charge is 2.16. The van der Waals surface area contributed by atoms with E-state index < -0.39 is 0 Å². The third-order valence-electron chi connectivity index (χ3n) is 3.47. The molecule has 2 heteroatoms. The maximum atomic E-state index is 3.57. The van der Waals surface area contributed by atoms with E-state index in [4.69, 9.17) is 0 Å². The average molecular weight is 276 g/mol. The number of halogens is 1. The van der Waals surface area contributed by atoms with Gasteiger partial charge in [0.1, 0.15) is 0 Å². The first-order valence-corrected chi connectivity index (χ1v) is 7.77. The predicted molar refractivity (Wildman–Crippen MR) is 71.7 cm³/mol. The number of rotatable bonds is 7. The Balaban J connectivity index is 2.21. The summed E-state index contributed by atoms with van der Waals surface area (Å²) in [7, 11) is 0. The van der Waals surface area contributed by atoms with Crippen molar-refractivity contribution in [1.29, 1.82) is 0 Å². The van der Waals surface area contributed by atoms with Gasteiger partial charge in [-0.15, -0.1) is 0 Å². The molecule has 0 spiro atoms. The maximum Gasteiger partial charge on any atom is 0.0159 e. The summed E-state index contributed by atoms with van der Waals surface area (Å²) in [6.45, 7) is 6.17. The van der Waals surface area contributed by atoms with Crippen molar-refractivity contribution >= 4 is 15.9 Å². The van der Waals surface area contributed by atoms with Crippen LogP contribution in [0.4, 0.5) is 0 Å². The van der Waals surface area contributed by atoms with E-state index in [0.29, 0.717) is 0 Å². The molecule has 0 aromatic rings. The van der Waals surface area contributed by atoms with Gasteiger partial charge >= 0.3 is 0 Å². The van der Waals surface area contributed by atoms with Crippen molar-refractivity contribution in [2.45, 2.75) is 51.9 Å². The van der Waals surface area contributed by atoms with Gasteiger partial charge in [-0.2, -0.15) is 0 Å². The van der Waals surface area contributed by atoms with E-state index in [2.05, 4.69) is 27.8 Å². The van der Waals surface area contributed by atoms with Gasteiger partial charge in [0.2, 0.25) is 0 Å². The Bertz CT molecular complexity index is 143. The molecule has 0 N–H and O–H groups in total. The van der Waals surface area contributed by atoms with E-state index in [1.807, 2.05) is 0 Å². The Morgan fingerprint density at radius 3 is 2.47 bits per heavy atom. The van der Waals surface area contributed by atoms with E-state index in [1.54, 1.807) is 0 Å². The van der Waals surface area contributed by atoms with Gasteiger partial charge in [-0.1, -0.05) is 48.5 Å². The van der Waals surface area contributed by atoms with Crippen molar-refractivity contribution in [2.24, 2.45) is 5.92 Å². The summed E-state index contributed by atoms with van der Waals surface area (Å²) in [5.41, 5.74) is 0. The lowest BCUT2D eigenvalue weighted by atomic mass is 9.89. The zero-order valence-corrected chi connectivity index (χ0v) is 11.8. The second-order valence-electron chi connectivity index (χ2n) is 4.85. The molecule has 1 fully saturated rings. The SMILES string of the molecule is CCCCN(CCBr)CC1CCCCC1. The molecule has 0 amide bonds. The van der Waals surface area contributed by atoms with Crippen LogP contribution in [0.5, 0.6) is 0 Å². The highest BCUT2D eigenvalue weighted by molar-refractivity contribution is 9.09.